The lowest BCUT2D eigenvalue weighted by Gasteiger charge is -2.30. The lowest BCUT2D eigenvalue weighted by molar-refractivity contribution is -0.125. The van der Waals surface area contributed by atoms with Crippen LogP contribution in [0.5, 0.6) is 0 Å². The van der Waals surface area contributed by atoms with E-state index in [1.165, 1.54) is 5.56 Å². The Morgan fingerprint density at radius 2 is 2.15 bits per heavy atom. The summed E-state index contributed by atoms with van der Waals surface area (Å²) in [6.07, 6.45) is 1.52. The molecule has 0 saturated heterocycles. The van der Waals surface area contributed by atoms with Gasteiger partial charge in [-0.1, -0.05) is 12.1 Å². The van der Waals surface area contributed by atoms with Crippen molar-refractivity contribution in [2.75, 3.05) is 12.3 Å². The van der Waals surface area contributed by atoms with E-state index in [0.717, 1.165) is 17.7 Å². The number of hydrogen-bond donors (Lipinski definition) is 2. The largest absolute Gasteiger partial charge is 0.398 e. The first-order valence-corrected chi connectivity index (χ1v) is 6.66. The first-order valence-electron chi connectivity index (χ1n) is 6.66. The Labute approximate surface area is 116 Å². The van der Waals surface area contributed by atoms with Crippen LogP contribution in [-0.4, -0.2) is 29.0 Å². The van der Waals surface area contributed by atoms with Gasteiger partial charge in [0.25, 0.3) is 5.91 Å². The maximum atomic E-state index is 12.4. The van der Waals surface area contributed by atoms with Gasteiger partial charge < -0.3 is 10.6 Å². The molecule has 0 fully saturated rings. The molecule has 0 spiro atoms. The lowest BCUT2D eigenvalue weighted by atomic mass is 9.97. The highest BCUT2D eigenvalue weighted by atomic mass is 16.2. The van der Waals surface area contributed by atoms with Gasteiger partial charge in [0.2, 0.25) is 5.91 Å². The van der Waals surface area contributed by atoms with Crippen molar-refractivity contribution in [2.45, 2.75) is 25.8 Å². The molecule has 6 nitrogen and oxygen atoms in total. The summed E-state index contributed by atoms with van der Waals surface area (Å²) in [6, 6.07) is 5.84. The molecule has 3 rings (SSSR count). The second kappa shape index (κ2) is 4.96. The second-order valence-electron chi connectivity index (χ2n) is 5.06. The molecule has 0 aromatic heterocycles. The number of fused-ring (bicyclic) bond motifs is 1. The van der Waals surface area contributed by atoms with Crippen molar-refractivity contribution < 1.29 is 9.59 Å². The van der Waals surface area contributed by atoms with Gasteiger partial charge in [-0.25, -0.2) is 5.43 Å². The molecule has 20 heavy (non-hydrogen) atoms. The van der Waals surface area contributed by atoms with Gasteiger partial charge in [0.05, 0.1) is 0 Å². The predicted octanol–water partition coefficient (Wildman–Crippen LogP) is 0.419. The van der Waals surface area contributed by atoms with Crippen LogP contribution < -0.4 is 11.2 Å². The van der Waals surface area contributed by atoms with Gasteiger partial charge in [0.1, 0.15) is 5.71 Å². The van der Waals surface area contributed by atoms with Crippen molar-refractivity contribution in [1.29, 1.82) is 0 Å². The van der Waals surface area contributed by atoms with Crippen molar-refractivity contribution in [2.24, 2.45) is 5.10 Å². The van der Waals surface area contributed by atoms with Crippen LogP contribution >= 0.6 is 0 Å². The summed E-state index contributed by atoms with van der Waals surface area (Å²) in [4.78, 5) is 25.2. The smallest absolute Gasteiger partial charge is 0.270 e. The van der Waals surface area contributed by atoms with Crippen LogP contribution in [0.3, 0.4) is 0 Å². The van der Waals surface area contributed by atoms with Gasteiger partial charge in [-0.15, -0.1) is 0 Å². The summed E-state index contributed by atoms with van der Waals surface area (Å²) in [6.45, 7) is 1.16. The SMILES string of the molecule is Nc1cccc2c1CN(C(=O)C1=NNC(=O)CC1)CC2. The van der Waals surface area contributed by atoms with Gasteiger partial charge in [0.15, 0.2) is 0 Å². The number of hydrogen-bond acceptors (Lipinski definition) is 4. The average Bonchev–Trinajstić information content (AvgIpc) is 2.47. The number of amides is 2. The maximum absolute atomic E-state index is 12.4. The van der Waals surface area contributed by atoms with Crippen LogP contribution in [0.15, 0.2) is 23.3 Å². The summed E-state index contributed by atoms with van der Waals surface area (Å²) in [5.74, 6) is -0.256. The molecule has 3 N–H and O–H groups in total. The van der Waals surface area contributed by atoms with Gasteiger partial charge in [-0.05, 0) is 23.6 Å². The van der Waals surface area contributed by atoms with Gasteiger partial charge in [0, 0.05) is 31.6 Å². The minimum atomic E-state index is -0.144. The Bertz CT molecular complexity index is 609. The number of hydrazone groups is 1. The molecule has 0 radical (unpaired) electrons. The number of nitrogens with zero attached hydrogens (tertiary/aromatic N) is 2. The van der Waals surface area contributed by atoms with E-state index in [-0.39, 0.29) is 11.8 Å². The van der Waals surface area contributed by atoms with Crippen LogP contribution in [0.2, 0.25) is 0 Å². The molecule has 1 aromatic rings. The highest BCUT2D eigenvalue weighted by Gasteiger charge is 2.27. The molecule has 0 saturated carbocycles. The van der Waals surface area contributed by atoms with E-state index in [0.29, 0.717) is 31.6 Å². The topological polar surface area (TPSA) is 87.8 Å². The van der Waals surface area contributed by atoms with Crippen molar-refractivity contribution in [3.05, 3.63) is 29.3 Å². The Balaban J connectivity index is 1.78. The Morgan fingerprint density at radius 3 is 2.90 bits per heavy atom. The zero-order chi connectivity index (χ0) is 14.1. The molecule has 2 heterocycles. The van der Waals surface area contributed by atoms with E-state index in [2.05, 4.69) is 10.5 Å². The van der Waals surface area contributed by atoms with Gasteiger partial charge >= 0.3 is 0 Å². The number of nitrogens with one attached hydrogen (secondary N) is 1. The molecule has 6 heteroatoms. The second-order valence-corrected chi connectivity index (χ2v) is 5.06. The summed E-state index contributed by atoms with van der Waals surface area (Å²) in [7, 11) is 0. The van der Waals surface area contributed by atoms with Crippen molar-refractivity contribution in [3.8, 4) is 0 Å². The monoisotopic (exact) mass is 272 g/mol. The molecule has 0 atom stereocenters. The minimum Gasteiger partial charge on any atom is -0.398 e. The molecule has 1 aromatic carbocycles. The fraction of sp³-hybridized carbons (Fsp3) is 0.357. The first-order chi connectivity index (χ1) is 9.65. The van der Waals surface area contributed by atoms with E-state index < -0.39 is 0 Å². The molecule has 104 valence electrons. The molecule has 0 aliphatic carbocycles. The Kier molecular flexibility index (Phi) is 3.14. The van der Waals surface area contributed by atoms with Crippen molar-refractivity contribution >= 4 is 23.2 Å². The van der Waals surface area contributed by atoms with E-state index in [1.807, 2.05) is 18.2 Å². The molecule has 0 unspecified atom stereocenters. The molecular weight excluding hydrogens is 256 g/mol. The van der Waals surface area contributed by atoms with Crippen LogP contribution in [0, 0.1) is 0 Å². The molecule has 2 aliphatic rings. The highest BCUT2D eigenvalue weighted by Crippen LogP contribution is 2.24. The third-order valence-electron chi connectivity index (χ3n) is 3.75. The van der Waals surface area contributed by atoms with Crippen LogP contribution in [-0.2, 0) is 22.6 Å². The number of nitrogen functional groups attached to an aromatic ring is 1. The number of anilines is 1. The van der Waals surface area contributed by atoms with Crippen molar-refractivity contribution in [3.63, 3.8) is 0 Å². The van der Waals surface area contributed by atoms with Gasteiger partial charge in [-0.3, -0.25) is 9.59 Å². The zero-order valence-electron chi connectivity index (χ0n) is 11.1. The maximum Gasteiger partial charge on any atom is 0.270 e. The van der Waals surface area contributed by atoms with E-state index in [9.17, 15) is 9.59 Å². The first kappa shape index (κ1) is 12.7. The van der Waals surface area contributed by atoms with E-state index in [4.69, 9.17) is 5.73 Å². The molecule has 2 aliphatic heterocycles. The third-order valence-corrected chi connectivity index (χ3v) is 3.75. The Morgan fingerprint density at radius 1 is 1.30 bits per heavy atom. The molecular formula is C14H16N4O2. The normalized spacial score (nSPS) is 18.1. The number of rotatable bonds is 1. The number of benzene rings is 1. The Hall–Kier alpha value is -2.37. The van der Waals surface area contributed by atoms with Gasteiger partial charge in [-0.2, -0.15) is 5.10 Å². The summed E-state index contributed by atoms with van der Waals surface area (Å²) < 4.78 is 0. The molecule has 0 bridgehead atoms. The number of nitrogens with two attached hydrogens (primary N) is 1. The standard InChI is InChI=1S/C14H16N4O2/c15-11-3-1-2-9-6-7-18(8-10(9)11)14(20)12-4-5-13(19)17-16-12/h1-3H,4-8,15H2,(H,17,19). The minimum absolute atomic E-state index is 0.112. The average molecular weight is 272 g/mol. The van der Waals surface area contributed by atoms with E-state index >= 15 is 0 Å². The fourth-order valence-corrected chi connectivity index (χ4v) is 2.59. The third kappa shape index (κ3) is 2.24. The predicted molar refractivity (Wildman–Crippen MR) is 74.8 cm³/mol. The number of carbonyl (C=O) groups is 2. The van der Waals surface area contributed by atoms with Crippen LogP contribution in [0.1, 0.15) is 24.0 Å². The lowest BCUT2D eigenvalue weighted by Crippen LogP contribution is -2.42. The van der Waals surface area contributed by atoms with E-state index in [1.54, 1.807) is 4.90 Å². The summed E-state index contributed by atoms with van der Waals surface area (Å²) in [5.41, 5.74) is 11.7. The molecule has 2 amide bonds. The quantitative estimate of drug-likeness (QED) is 0.726. The van der Waals surface area contributed by atoms with Crippen molar-refractivity contribution in [1.82, 2.24) is 10.3 Å². The fourth-order valence-electron chi connectivity index (χ4n) is 2.59. The highest BCUT2D eigenvalue weighted by molar-refractivity contribution is 6.39. The van der Waals surface area contributed by atoms with Crippen LogP contribution in [0.4, 0.5) is 5.69 Å². The zero-order valence-corrected chi connectivity index (χ0v) is 11.1. The summed E-state index contributed by atoms with van der Waals surface area (Å²) in [5, 5.41) is 3.86. The van der Waals surface area contributed by atoms with Crippen LogP contribution in [0.25, 0.3) is 0 Å². The number of carbonyl (C=O) groups excluding carboxylic acids is 2. The summed E-state index contributed by atoms with van der Waals surface area (Å²) >= 11 is 0.